The van der Waals surface area contributed by atoms with Gasteiger partial charge >= 0.3 is 0 Å². The highest BCUT2D eigenvalue weighted by Crippen LogP contribution is 2.27. The van der Waals surface area contributed by atoms with Crippen molar-refractivity contribution in [1.29, 1.82) is 0 Å². The second kappa shape index (κ2) is 9.74. The smallest absolute Gasteiger partial charge is 0.0897 e. The number of hydrogen-bond donors (Lipinski definition) is 2. The van der Waals surface area contributed by atoms with Gasteiger partial charge in [-0.3, -0.25) is 0 Å². The molecule has 0 saturated carbocycles. The number of unbranched alkanes of at least 4 members (excludes halogenated alkanes) is 1. The molecule has 3 aliphatic heterocycles. The monoisotopic (exact) mass is 300 g/mol. The lowest BCUT2D eigenvalue weighted by atomic mass is 9.84. The Bertz CT molecular complexity index is 270. The summed E-state index contributed by atoms with van der Waals surface area (Å²) >= 11 is 0. The van der Waals surface area contributed by atoms with Crippen molar-refractivity contribution in [3.8, 4) is 0 Å². The molecule has 3 heterocycles. The molecule has 3 saturated heterocycles. The second-order valence-corrected chi connectivity index (χ2v) is 6.35. The number of hydrogen-bond acceptors (Lipinski definition) is 5. The van der Waals surface area contributed by atoms with Crippen molar-refractivity contribution >= 4 is 0 Å². The Labute approximate surface area is 129 Å². The summed E-state index contributed by atoms with van der Waals surface area (Å²) < 4.78 is 10.9. The molecule has 2 bridgehead atoms. The van der Waals surface area contributed by atoms with Gasteiger partial charge in [0.15, 0.2) is 0 Å². The molecule has 0 aliphatic carbocycles. The molecule has 2 unspecified atom stereocenters. The lowest BCUT2D eigenvalue weighted by Gasteiger charge is -2.45. The van der Waals surface area contributed by atoms with Crippen LogP contribution >= 0.6 is 0 Å². The highest BCUT2D eigenvalue weighted by molar-refractivity contribution is 4.91. The third-order valence-corrected chi connectivity index (χ3v) is 4.60. The lowest BCUT2D eigenvalue weighted by Crippen LogP contribution is -2.57. The molecular formula is C16H32N2O3. The van der Waals surface area contributed by atoms with E-state index in [-0.39, 0.29) is 0 Å². The van der Waals surface area contributed by atoms with Gasteiger partial charge in [0.05, 0.1) is 25.9 Å². The molecule has 5 heteroatoms. The fourth-order valence-electron chi connectivity index (χ4n) is 3.23. The molecule has 21 heavy (non-hydrogen) atoms. The van der Waals surface area contributed by atoms with Crippen LogP contribution < -0.4 is 5.32 Å². The minimum atomic E-state index is -0.420. The summed E-state index contributed by atoms with van der Waals surface area (Å²) in [5.74, 6) is 0.801. The maximum absolute atomic E-state index is 9.95. The van der Waals surface area contributed by atoms with E-state index in [4.69, 9.17) is 9.47 Å². The Morgan fingerprint density at radius 3 is 2.62 bits per heavy atom. The third kappa shape index (κ3) is 6.20. The zero-order valence-electron chi connectivity index (χ0n) is 13.4. The van der Waals surface area contributed by atoms with Crippen LogP contribution in [0.2, 0.25) is 0 Å². The lowest BCUT2D eigenvalue weighted by molar-refractivity contribution is -0.000941. The van der Waals surface area contributed by atoms with Crippen LogP contribution in [0.3, 0.4) is 0 Å². The molecule has 2 N–H and O–H groups in total. The number of aliphatic hydroxyl groups excluding tert-OH is 1. The Kier molecular flexibility index (Phi) is 7.96. The topological polar surface area (TPSA) is 54.0 Å². The van der Waals surface area contributed by atoms with Gasteiger partial charge in [0, 0.05) is 25.7 Å². The molecular weight excluding hydrogens is 268 g/mol. The van der Waals surface area contributed by atoms with E-state index in [1.165, 1.54) is 25.9 Å². The number of piperidine rings is 3. The van der Waals surface area contributed by atoms with Crippen LogP contribution in [-0.4, -0.2) is 74.8 Å². The predicted octanol–water partition coefficient (Wildman–Crippen LogP) is 0.864. The van der Waals surface area contributed by atoms with Gasteiger partial charge in [-0.1, -0.05) is 13.3 Å². The van der Waals surface area contributed by atoms with Gasteiger partial charge in [-0.05, 0) is 38.3 Å². The van der Waals surface area contributed by atoms with Crippen molar-refractivity contribution in [2.45, 2.75) is 44.8 Å². The van der Waals surface area contributed by atoms with E-state index in [2.05, 4.69) is 17.1 Å². The number of nitrogens with zero attached hydrogens (tertiary/aromatic N) is 1. The van der Waals surface area contributed by atoms with Crippen molar-refractivity contribution in [3.05, 3.63) is 0 Å². The van der Waals surface area contributed by atoms with Crippen LogP contribution in [0.25, 0.3) is 0 Å². The summed E-state index contributed by atoms with van der Waals surface area (Å²) in [5, 5.41) is 13.5. The third-order valence-electron chi connectivity index (χ3n) is 4.60. The SMILES string of the molecule is CCCCOCCOCC(O)CNC1CN2CCC1CC2. The normalized spacial score (nSPS) is 29.7. The molecule has 5 nitrogen and oxygen atoms in total. The first kappa shape index (κ1) is 17.2. The predicted molar refractivity (Wildman–Crippen MR) is 83.5 cm³/mol. The average molecular weight is 300 g/mol. The van der Waals surface area contributed by atoms with Crippen molar-refractivity contribution in [3.63, 3.8) is 0 Å². The Morgan fingerprint density at radius 1 is 1.19 bits per heavy atom. The number of aliphatic hydroxyl groups is 1. The maximum Gasteiger partial charge on any atom is 0.0897 e. The van der Waals surface area contributed by atoms with Crippen molar-refractivity contribution in [2.75, 3.05) is 52.6 Å². The van der Waals surface area contributed by atoms with Gasteiger partial charge in [-0.2, -0.15) is 0 Å². The van der Waals surface area contributed by atoms with Crippen LogP contribution in [0.5, 0.6) is 0 Å². The second-order valence-electron chi connectivity index (χ2n) is 6.35. The van der Waals surface area contributed by atoms with E-state index in [0.717, 1.165) is 31.9 Å². The molecule has 0 aromatic carbocycles. The minimum absolute atomic E-state index is 0.394. The fraction of sp³-hybridized carbons (Fsp3) is 1.00. The van der Waals surface area contributed by atoms with Crippen LogP contribution in [-0.2, 0) is 9.47 Å². The Hall–Kier alpha value is -0.200. The number of ether oxygens (including phenoxy) is 2. The van der Waals surface area contributed by atoms with E-state index in [9.17, 15) is 5.11 Å². The van der Waals surface area contributed by atoms with E-state index in [0.29, 0.717) is 32.4 Å². The van der Waals surface area contributed by atoms with Gasteiger partial charge in [0.2, 0.25) is 0 Å². The van der Waals surface area contributed by atoms with Crippen molar-refractivity contribution in [1.82, 2.24) is 10.2 Å². The van der Waals surface area contributed by atoms with Gasteiger partial charge < -0.3 is 24.8 Å². The molecule has 0 radical (unpaired) electrons. The number of fused-ring (bicyclic) bond motifs is 3. The summed E-state index contributed by atoms with van der Waals surface area (Å²) in [4.78, 5) is 2.52. The maximum atomic E-state index is 9.95. The van der Waals surface area contributed by atoms with E-state index in [1.807, 2.05) is 0 Å². The first-order valence-corrected chi connectivity index (χ1v) is 8.59. The van der Waals surface area contributed by atoms with Gasteiger partial charge in [0.1, 0.15) is 0 Å². The molecule has 3 fully saturated rings. The largest absolute Gasteiger partial charge is 0.389 e. The zero-order chi connectivity index (χ0) is 14.9. The summed E-state index contributed by atoms with van der Waals surface area (Å²) in [7, 11) is 0. The Morgan fingerprint density at radius 2 is 1.95 bits per heavy atom. The first-order valence-electron chi connectivity index (χ1n) is 8.59. The number of rotatable bonds is 11. The molecule has 0 aromatic rings. The molecule has 3 aliphatic rings. The van der Waals surface area contributed by atoms with Crippen LogP contribution in [0.4, 0.5) is 0 Å². The summed E-state index contributed by atoms with van der Waals surface area (Å²) in [6.07, 6.45) is 4.45. The van der Waals surface area contributed by atoms with Gasteiger partial charge in [0.25, 0.3) is 0 Å². The van der Waals surface area contributed by atoms with E-state index in [1.54, 1.807) is 0 Å². The van der Waals surface area contributed by atoms with Crippen LogP contribution in [0.15, 0.2) is 0 Å². The molecule has 0 amide bonds. The first-order chi connectivity index (χ1) is 10.3. The van der Waals surface area contributed by atoms with E-state index < -0.39 is 6.10 Å². The quantitative estimate of drug-likeness (QED) is 0.555. The summed E-state index contributed by atoms with van der Waals surface area (Å²) in [6, 6.07) is 0.555. The fourth-order valence-corrected chi connectivity index (χ4v) is 3.23. The van der Waals surface area contributed by atoms with Gasteiger partial charge in [-0.25, -0.2) is 0 Å². The molecule has 2 atom stereocenters. The van der Waals surface area contributed by atoms with Crippen molar-refractivity contribution < 1.29 is 14.6 Å². The van der Waals surface area contributed by atoms with Gasteiger partial charge in [-0.15, -0.1) is 0 Å². The molecule has 0 aromatic heterocycles. The molecule has 3 rings (SSSR count). The highest BCUT2D eigenvalue weighted by atomic mass is 16.5. The van der Waals surface area contributed by atoms with Crippen molar-refractivity contribution in [2.24, 2.45) is 5.92 Å². The standard InChI is InChI=1S/C16H32N2O3/c1-2-3-8-20-9-10-21-13-15(19)11-17-16-12-18-6-4-14(16)5-7-18/h14-17,19H,2-13H2,1H3. The Balaban J connectivity index is 1.45. The summed E-state index contributed by atoms with van der Waals surface area (Å²) in [5.41, 5.74) is 0. The molecule has 0 spiro atoms. The van der Waals surface area contributed by atoms with Crippen LogP contribution in [0.1, 0.15) is 32.6 Å². The number of nitrogens with one attached hydrogen (secondary N) is 1. The average Bonchev–Trinajstić information content (AvgIpc) is 2.53. The molecule has 124 valence electrons. The summed E-state index contributed by atoms with van der Waals surface area (Å²) in [6.45, 7) is 8.84. The van der Waals surface area contributed by atoms with Crippen LogP contribution in [0, 0.1) is 5.92 Å². The highest BCUT2D eigenvalue weighted by Gasteiger charge is 2.33. The minimum Gasteiger partial charge on any atom is -0.389 e. The van der Waals surface area contributed by atoms with E-state index >= 15 is 0 Å². The zero-order valence-corrected chi connectivity index (χ0v) is 13.4.